The van der Waals surface area contributed by atoms with Crippen molar-refractivity contribution in [2.75, 3.05) is 0 Å². The molecule has 0 saturated heterocycles. The first-order valence-electron chi connectivity index (χ1n) is 9.75. The Morgan fingerprint density at radius 1 is 1.20 bits per heavy atom. The van der Waals surface area contributed by atoms with Crippen LogP contribution in [0.25, 0.3) is 0 Å². The van der Waals surface area contributed by atoms with Crippen LogP contribution in [0.2, 0.25) is 0 Å². The second kappa shape index (κ2) is 10.5. The molecule has 1 saturated carbocycles. The van der Waals surface area contributed by atoms with Gasteiger partial charge in [-0.2, -0.15) is 10.2 Å². The number of fused-ring (bicyclic) bond motifs is 2. The molecule has 0 radical (unpaired) electrons. The number of aliphatic carboxylic acids is 1. The number of unbranched alkanes of at least 4 members (excludes halogenated alkanes) is 3. The summed E-state index contributed by atoms with van der Waals surface area (Å²) in [5.74, 6) is 0.0916. The highest BCUT2D eigenvalue weighted by molar-refractivity contribution is 5.66. The molecule has 2 bridgehead atoms. The average Bonchev–Trinajstić information content (AvgIpc) is 3.17. The molecular weight excluding hydrogens is 316 g/mol. The molecule has 0 aromatic heterocycles. The van der Waals surface area contributed by atoms with Crippen molar-refractivity contribution in [1.29, 1.82) is 0 Å². The fourth-order valence-corrected chi connectivity index (χ4v) is 3.83. The number of allylic oxidation sites excluding steroid dienone is 2. The largest absolute Gasteiger partial charge is 0.481 e. The lowest BCUT2D eigenvalue weighted by Gasteiger charge is -2.23. The molecule has 0 aromatic rings. The van der Waals surface area contributed by atoms with Gasteiger partial charge in [-0.1, -0.05) is 50.5 Å². The SMILES string of the molecule is CCCCCC(O)/C=C/C1C(C/C=C\CCCC(=O)O)[C@@H]2C[C@H]1N=N2. The molecule has 5 nitrogen and oxygen atoms in total. The second-order valence-electron chi connectivity index (χ2n) is 7.28. The number of hydrogen-bond acceptors (Lipinski definition) is 4. The summed E-state index contributed by atoms with van der Waals surface area (Å²) in [4.78, 5) is 10.5. The Balaban J connectivity index is 1.79. The van der Waals surface area contributed by atoms with Gasteiger partial charge >= 0.3 is 5.97 Å². The third-order valence-electron chi connectivity index (χ3n) is 5.27. The number of hydrogen-bond donors (Lipinski definition) is 2. The third-order valence-corrected chi connectivity index (χ3v) is 5.27. The molecule has 1 aliphatic carbocycles. The predicted molar refractivity (Wildman–Crippen MR) is 98.6 cm³/mol. The van der Waals surface area contributed by atoms with E-state index in [0.29, 0.717) is 24.3 Å². The van der Waals surface area contributed by atoms with Gasteiger partial charge in [0.25, 0.3) is 0 Å². The van der Waals surface area contributed by atoms with Gasteiger partial charge in [-0.15, -0.1) is 0 Å². The van der Waals surface area contributed by atoms with Gasteiger partial charge < -0.3 is 10.2 Å². The molecular formula is C20H32N2O3. The lowest BCUT2D eigenvalue weighted by atomic mass is 9.87. The number of azo groups is 1. The van der Waals surface area contributed by atoms with Crippen LogP contribution in [0.1, 0.15) is 64.7 Å². The van der Waals surface area contributed by atoms with E-state index >= 15 is 0 Å². The quantitative estimate of drug-likeness (QED) is 0.402. The van der Waals surface area contributed by atoms with Crippen LogP contribution >= 0.6 is 0 Å². The van der Waals surface area contributed by atoms with E-state index in [1.54, 1.807) is 0 Å². The number of nitrogens with zero attached hydrogens (tertiary/aromatic N) is 2. The van der Waals surface area contributed by atoms with Crippen LogP contribution in [-0.4, -0.2) is 34.4 Å². The first-order valence-corrected chi connectivity index (χ1v) is 9.75. The zero-order chi connectivity index (χ0) is 18.1. The van der Waals surface area contributed by atoms with Crippen LogP contribution in [0.15, 0.2) is 34.5 Å². The summed E-state index contributed by atoms with van der Waals surface area (Å²) in [6, 6.07) is 0.579. The summed E-state index contributed by atoms with van der Waals surface area (Å²) < 4.78 is 0. The smallest absolute Gasteiger partial charge is 0.303 e. The van der Waals surface area contributed by atoms with Gasteiger partial charge in [0.05, 0.1) is 18.2 Å². The Hall–Kier alpha value is -1.49. The molecule has 0 aromatic carbocycles. The lowest BCUT2D eigenvalue weighted by Crippen LogP contribution is -2.22. The van der Waals surface area contributed by atoms with Crippen LogP contribution in [0.4, 0.5) is 0 Å². The normalized spacial score (nSPS) is 29.2. The maximum atomic E-state index is 10.5. The first kappa shape index (κ1) is 19.8. The van der Waals surface area contributed by atoms with E-state index in [2.05, 4.69) is 35.4 Å². The van der Waals surface area contributed by atoms with Gasteiger partial charge in [-0.3, -0.25) is 4.79 Å². The molecule has 1 heterocycles. The van der Waals surface area contributed by atoms with Crippen molar-refractivity contribution in [3.8, 4) is 0 Å². The Labute approximate surface area is 150 Å². The van der Waals surface area contributed by atoms with Crippen LogP contribution < -0.4 is 0 Å². The number of carbonyl (C=O) groups is 1. The number of rotatable bonds is 12. The summed E-state index contributed by atoms with van der Waals surface area (Å²) >= 11 is 0. The van der Waals surface area contributed by atoms with Gasteiger partial charge in [0, 0.05) is 12.3 Å². The fraction of sp³-hybridized carbons (Fsp3) is 0.750. The number of aliphatic hydroxyl groups is 1. The van der Waals surface area contributed by atoms with E-state index in [1.165, 1.54) is 12.8 Å². The van der Waals surface area contributed by atoms with E-state index in [4.69, 9.17) is 5.11 Å². The highest BCUT2D eigenvalue weighted by atomic mass is 16.4. The van der Waals surface area contributed by atoms with Crippen molar-refractivity contribution in [3.05, 3.63) is 24.3 Å². The van der Waals surface area contributed by atoms with E-state index in [0.717, 1.165) is 32.1 Å². The van der Waals surface area contributed by atoms with Gasteiger partial charge in [-0.25, -0.2) is 0 Å². The summed E-state index contributed by atoms with van der Waals surface area (Å²) in [6.45, 7) is 2.17. The Morgan fingerprint density at radius 2 is 2.00 bits per heavy atom. The average molecular weight is 348 g/mol. The van der Waals surface area contributed by atoms with Gasteiger partial charge in [0.1, 0.15) is 0 Å². The maximum absolute atomic E-state index is 10.5. The summed E-state index contributed by atoms with van der Waals surface area (Å²) in [6.07, 6.45) is 16.0. The van der Waals surface area contributed by atoms with Crippen LogP contribution in [-0.2, 0) is 4.79 Å². The molecule has 1 aliphatic heterocycles. The van der Waals surface area contributed by atoms with Crippen LogP contribution in [0, 0.1) is 11.8 Å². The van der Waals surface area contributed by atoms with Crippen LogP contribution in [0.5, 0.6) is 0 Å². The van der Waals surface area contributed by atoms with E-state index in [9.17, 15) is 9.90 Å². The Morgan fingerprint density at radius 3 is 2.76 bits per heavy atom. The third kappa shape index (κ3) is 6.38. The van der Waals surface area contributed by atoms with Crippen molar-refractivity contribution in [3.63, 3.8) is 0 Å². The number of carboxylic acid groups (broad SMARTS) is 1. The molecule has 3 unspecified atom stereocenters. The number of aliphatic hydroxyl groups excluding tert-OH is 1. The zero-order valence-corrected chi connectivity index (χ0v) is 15.3. The summed E-state index contributed by atoms with van der Waals surface area (Å²) in [5.41, 5.74) is 0. The molecule has 5 heteroatoms. The minimum Gasteiger partial charge on any atom is -0.481 e. The van der Waals surface area contributed by atoms with Crippen molar-refractivity contribution < 1.29 is 15.0 Å². The molecule has 140 valence electrons. The minimum atomic E-state index is -0.732. The molecule has 2 aliphatic rings. The van der Waals surface area contributed by atoms with Crippen LogP contribution in [0.3, 0.4) is 0 Å². The first-order chi connectivity index (χ1) is 12.1. The summed E-state index contributed by atoms with van der Waals surface area (Å²) in [5, 5.41) is 27.5. The Bertz CT molecular complexity index is 501. The highest BCUT2D eigenvalue weighted by Gasteiger charge is 2.45. The molecule has 2 N–H and O–H groups in total. The van der Waals surface area contributed by atoms with Crippen molar-refractivity contribution >= 4 is 5.97 Å². The second-order valence-corrected chi connectivity index (χ2v) is 7.28. The molecule has 25 heavy (non-hydrogen) atoms. The summed E-state index contributed by atoms with van der Waals surface area (Å²) in [7, 11) is 0. The molecule has 5 atom stereocenters. The predicted octanol–water partition coefficient (Wildman–Crippen LogP) is 4.52. The van der Waals surface area contributed by atoms with Gasteiger partial charge in [-0.05, 0) is 38.0 Å². The molecule has 1 fully saturated rings. The molecule has 0 amide bonds. The minimum absolute atomic E-state index is 0.230. The standard InChI is InChI=1S/C20H32N2O3/c1-2-3-6-9-15(23)12-13-17-16(18-14-19(17)22-21-18)10-7-4-5-8-11-20(24)25/h4,7,12-13,15-19,23H,2-3,5-6,8-11,14H2,1H3,(H,24,25)/b7-4-,13-12+/t15?,16?,17?,18-,19+/m0/s1. The monoisotopic (exact) mass is 348 g/mol. The molecule has 0 spiro atoms. The van der Waals surface area contributed by atoms with Gasteiger partial charge in [0.2, 0.25) is 0 Å². The zero-order valence-electron chi connectivity index (χ0n) is 15.3. The van der Waals surface area contributed by atoms with Gasteiger partial charge in [0.15, 0.2) is 0 Å². The van der Waals surface area contributed by atoms with Crippen molar-refractivity contribution in [2.45, 2.75) is 82.9 Å². The lowest BCUT2D eigenvalue weighted by molar-refractivity contribution is -0.137. The van der Waals surface area contributed by atoms with E-state index in [-0.39, 0.29) is 18.6 Å². The molecule has 2 rings (SSSR count). The van der Waals surface area contributed by atoms with E-state index in [1.807, 2.05) is 6.08 Å². The van der Waals surface area contributed by atoms with Crippen molar-refractivity contribution in [2.24, 2.45) is 22.1 Å². The van der Waals surface area contributed by atoms with Crippen molar-refractivity contribution in [1.82, 2.24) is 0 Å². The highest BCUT2D eigenvalue weighted by Crippen LogP contribution is 2.44. The van der Waals surface area contributed by atoms with E-state index < -0.39 is 5.97 Å². The fourth-order valence-electron chi connectivity index (χ4n) is 3.83. The topological polar surface area (TPSA) is 82.2 Å². The Kier molecular flexibility index (Phi) is 8.32. The maximum Gasteiger partial charge on any atom is 0.303 e. The number of carboxylic acids is 1.